The summed E-state index contributed by atoms with van der Waals surface area (Å²) in [5.41, 5.74) is 4.63. The van der Waals surface area contributed by atoms with Gasteiger partial charge < -0.3 is 24.3 Å². The Morgan fingerprint density at radius 3 is 2.55 bits per heavy atom. The number of hydrogen-bond acceptors (Lipinski definition) is 8. The standard InChI is InChI=1S/C38H45F3N8O2/c1-5-30(50)49-20-37(21-49)12-15-47(16-13-37)35-27-17-26(24-8-9-24)32(31-23(3)7-10-29-28(31)18-42-45-29)34(51-22-38(39,40)41)33(27)43-36(44-35)48-14-11-25(19-48)46(4)6-2/h5,7,10,17-18,24-25H,1,6,8-9,11-16,19-22H2,2-4H3,(H,42,45)/t25-/m1/s1. The van der Waals surface area contributed by atoms with Gasteiger partial charge in [-0.1, -0.05) is 19.6 Å². The van der Waals surface area contributed by atoms with Crippen molar-refractivity contribution >= 4 is 39.5 Å². The predicted octanol–water partition coefficient (Wildman–Crippen LogP) is 6.45. The summed E-state index contributed by atoms with van der Waals surface area (Å²) in [4.78, 5) is 31.2. The van der Waals surface area contributed by atoms with E-state index in [-0.39, 0.29) is 23.0 Å². The van der Waals surface area contributed by atoms with Crippen molar-refractivity contribution in [1.82, 2.24) is 30.0 Å². The molecule has 1 spiro atoms. The predicted molar refractivity (Wildman–Crippen MR) is 192 cm³/mol. The number of piperidine rings is 1. The third-order valence-electron chi connectivity index (χ3n) is 11.7. The molecule has 5 heterocycles. The zero-order valence-corrected chi connectivity index (χ0v) is 29.5. The Morgan fingerprint density at radius 1 is 1.10 bits per heavy atom. The molecule has 2 aromatic carbocycles. The van der Waals surface area contributed by atoms with E-state index in [1.165, 1.54) is 6.08 Å². The highest BCUT2D eigenvalue weighted by Crippen LogP contribution is 2.53. The summed E-state index contributed by atoms with van der Waals surface area (Å²) in [6, 6.07) is 6.38. The first-order chi connectivity index (χ1) is 24.5. The van der Waals surface area contributed by atoms with Crippen molar-refractivity contribution in [2.75, 3.05) is 69.3 Å². The Hall–Kier alpha value is -4.39. The first-order valence-electron chi connectivity index (χ1n) is 18.1. The number of likely N-dealkylation sites (N-methyl/N-ethyl adjacent to an activating group) is 1. The molecule has 1 amide bonds. The molecular formula is C38H45F3N8O2. The van der Waals surface area contributed by atoms with Gasteiger partial charge in [0.25, 0.3) is 0 Å². The smallest absolute Gasteiger partial charge is 0.422 e. The van der Waals surface area contributed by atoms with Crippen molar-refractivity contribution in [3.63, 3.8) is 0 Å². The maximum absolute atomic E-state index is 14.1. The summed E-state index contributed by atoms with van der Waals surface area (Å²) in [6.45, 7) is 11.6. The van der Waals surface area contributed by atoms with E-state index in [1.807, 2.05) is 24.0 Å². The minimum atomic E-state index is -4.55. The number of ether oxygens (including phenoxy) is 1. The van der Waals surface area contributed by atoms with Crippen LogP contribution in [0.5, 0.6) is 5.75 Å². The molecule has 10 nitrogen and oxygen atoms in total. The number of aromatic amines is 1. The highest BCUT2D eigenvalue weighted by atomic mass is 19.4. The zero-order chi connectivity index (χ0) is 35.7. The third kappa shape index (κ3) is 6.17. The van der Waals surface area contributed by atoms with Gasteiger partial charge >= 0.3 is 6.18 Å². The first kappa shape index (κ1) is 33.7. The van der Waals surface area contributed by atoms with Crippen LogP contribution >= 0.6 is 0 Å². The van der Waals surface area contributed by atoms with Crippen molar-refractivity contribution in [2.45, 2.75) is 64.1 Å². The van der Waals surface area contributed by atoms with Crippen molar-refractivity contribution in [3.05, 3.63) is 48.2 Å². The number of aromatic nitrogens is 4. The minimum Gasteiger partial charge on any atom is -0.481 e. The van der Waals surface area contributed by atoms with E-state index in [2.05, 4.69) is 51.5 Å². The Morgan fingerprint density at radius 2 is 1.86 bits per heavy atom. The number of likely N-dealkylation sites (tertiary alicyclic amines) is 1. The van der Waals surface area contributed by atoms with E-state index in [0.29, 0.717) is 41.5 Å². The van der Waals surface area contributed by atoms with Crippen LogP contribution in [0.3, 0.4) is 0 Å². The van der Waals surface area contributed by atoms with Gasteiger partial charge in [0.05, 0.1) is 11.7 Å². The molecule has 1 atom stereocenters. The first-order valence-corrected chi connectivity index (χ1v) is 18.1. The molecule has 4 aromatic rings. The summed E-state index contributed by atoms with van der Waals surface area (Å²) in [5, 5.41) is 8.88. The third-order valence-corrected chi connectivity index (χ3v) is 11.7. The molecule has 0 bridgehead atoms. The van der Waals surface area contributed by atoms with Gasteiger partial charge in [0.15, 0.2) is 12.4 Å². The summed E-state index contributed by atoms with van der Waals surface area (Å²) < 4.78 is 48.2. The van der Waals surface area contributed by atoms with Gasteiger partial charge in [-0.25, -0.2) is 4.98 Å². The van der Waals surface area contributed by atoms with Gasteiger partial charge in [0.2, 0.25) is 11.9 Å². The molecule has 0 radical (unpaired) electrons. The number of nitrogens with one attached hydrogen (secondary N) is 1. The summed E-state index contributed by atoms with van der Waals surface area (Å²) in [6.07, 6.45) is 3.16. The number of carbonyl (C=O) groups excluding carboxylic acids is 1. The lowest BCUT2D eigenvalue weighted by Gasteiger charge is -2.54. The molecule has 270 valence electrons. The molecular weight excluding hydrogens is 657 g/mol. The van der Waals surface area contributed by atoms with Gasteiger partial charge in [-0.05, 0) is 93.4 Å². The molecule has 13 heteroatoms. The van der Waals surface area contributed by atoms with E-state index in [4.69, 9.17) is 14.7 Å². The van der Waals surface area contributed by atoms with E-state index >= 15 is 0 Å². The number of anilines is 2. The van der Waals surface area contributed by atoms with Crippen molar-refractivity contribution < 1.29 is 22.7 Å². The van der Waals surface area contributed by atoms with Crippen molar-refractivity contribution in [3.8, 4) is 16.9 Å². The normalized spacial score (nSPS) is 20.5. The average molecular weight is 703 g/mol. The quantitative estimate of drug-likeness (QED) is 0.199. The molecule has 4 fully saturated rings. The van der Waals surface area contributed by atoms with Crippen LogP contribution in [0.4, 0.5) is 24.9 Å². The van der Waals surface area contributed by atoms with Crippen LogP contribution in [0.25, 0.3) is 32.9 Å². The molecule has 2 aromatic heterocycles. The van der Waals surface area contributed by atoms with Crippen LogP contribution in [0.2, 0.25) is 0 Å². The second-order valence-electron chi connectivity index (χ2n) is 15.0. The van der Waals surface area contributed by atoms with Crippen LogP contribution in [0.15, 0.2) is 37.1 Å². The van der Waals surface area contributed by atoms with Gasteiger partial charge in [0, 0.05) is 67.1 Å². The average Bonchev–Trinajstić information content (AvgIpc) is 3.63. The molecule has 8 rings (SSSR count). The number of halogens is 3. The van der Waals surface area contributed by atoms with Crippen LogP contribution in [-0.4, -0.2) is 108 Å². The fourth-order valence-corrected chi connectivity index (χ4v) is 8.44. The number of alkyl halides is 3. The molecule has 3 aliphatic heterocycles. The number of amides is 1. The van der Waals surface area contributed by atoms with Gasteiger partial charge in [-0.2, -0.15) is 23.3 Å². The summed E-state index contributed by atoms with van der Waals surface area (Å²) >= 11 is 0. The topological polar surface area (TPSA) is 93.7 Å². The van der Waals surface area contributed by atoms with Crippen molar-refractivity contribution in [2.24, 2.45) is 5.41 Å². The fourth-order valence-electron chi connectivity index (χ4n) is 8.44. The summed E-state index contributed by atoms with van der Waals surface area (Å²) in [5.74, 6) is 1.54. The monoisotopic (exact) mass is 702 g/mol. The fraction of sp³-hybridized carbons (Fsp3) is 0.526. The van der Waals surface area contributed by atoms with Gasteiger partial charge in [-0.3, -0.25) is 9.89 Å². The Bertz CT molecular complexity index is 1990. The largest absolute Gasteiger partial charge is 0.481 e. The Labute approximate surface area is 295 Å². The molecule has 3 saturated heterocycles. The number of nitrogens with zero attached hydrogens (tertiary/aromatic N) is 7. The van der Waals surface area contributed by atoms with Crippen LogP contribution in [0, 0.1) is 12.3 Å². The molecule has 4 aliphatic rings. The number of carbonyl (C=O) groups is 1. The maximum atomic E-state index is 14.1. The molecule has 1 aliphatic carbocycles. The molecule has 1 N–H and O–H groups in total. The highest BCUT2D eigenvalue weighted by molar-refractivity contribution is 6.06. The lowest BCUT2D eigenvalue weighted by atomic mass is 9.72. The number of aryl methyl sites for hydroxylation is 1. The van der Waals surface area contributed by atoms with Crippen LogP contribution < -0.4 is 14.5 Å². The second-order valence-corrected chi connectivity index (χ2v) is 15.0. The number of H-pyrrole nitrogens is 1. The lowest BCUT2D eigenvalue weighted by Crippen LogP contribution is -2.61. The minimum absolute atomic E-state index is 0.0386. The number of fused-ring (bicyclic) bond motifs is 2. The Kier molecular flexibility index (Phi) is 8.39. The van der Waals surface area contributed by atoms with Crippen LogP contribution in [-0.2, 0) is 4.79 Å². The van der Waals surface area contributed by atoms with Crippen molar-refractivity contribution in [1.29, 1.82) is 0 Å². The Balaban J connectivity index is 1.30. The number of hydrogen-bond donors (Lipinski definition) is 1. The molecule has 51 heavy (non-hydrogen) atoms. The summed E-state index contributed by atoms with van der Waals surface area (Å²) in [7, 11) is 2.11. The van der Waals surface area contributed by atoms with Gasteiger partial charge in [0.1, 0.15) is 11.3 Å². The molecule has 0 unspecified atom stereocenters. The second kappa shape index (κ2) is 12.7. The van der Waals surface area contributed by atoms with E-state index in [0.717, 1.165) is 98.2 Å². The lowest BCUT2D eigenvalue weighted by molar-refractivity contribution is -0.153. The maximum Gasteiger partial charge on any atom is 0.422 e. The zero-order valence-electron chi connectivity index (χ0n) is 29.5. The SMILES string of the molecule is C=CC(=O)N1CC2(CCN(c3nc(N4CC[C@@H](N(C)CC)C4)nc4c(OCC(F)(F)F)c(-c5c(C)ccc6[nH]ncc56)c(C5CC5)cc34)CC2)C1. The van der Waals surface area contributed by atoms with Crippen LogP contribution in [0.1, 0.15) is 56.1 Å². The molecule has 1 saturated carbocycles. The van der Waals surface area contributed by atoms with E-state index in [9.17, 15) is 18.0 Å². The van der Waals surface area contributed by atoms with E-state index < -0.39 is 12.8 Å². The highest BCUT2D eigenvalue weighted by Gasteiger charge is 2.47. The number of rotatable bonds is 9. The van der Waals surface area contributed by atoms with Gasteiger partial charge in [-0.15, -0.1) is 0 Å². The number of benzene rings is 2. The van der Waals surface area contributed by atoms with E-state index in [1.54, 1.807) is 6.20 Å².